The lowest BCUT2D eigenvalue weighted by molar-refractivity contribution is 0.279. The van der Waals surface area contributed by atoms with E-state index in [0.29, 0.717) is 28.6 Å². The van der Waals surface area contributed by atoms with E-state index in [-0.39, 0.29) is 30.9 Å². The highest BCUT2D eigenvalue weighted by Gasteiger charge is 2.15. The monoisotopic (exact) mass is 463 g/mol. The van der Waals surface area contributed by atoms with Crippen LogP contribution in [0.15, 0.2) is 66.7 Å². The van der Waals surface area contributed by atoms with Gasteiger partial charge in [0, 0.05) is 18.2 Å². The van der Waals surface area contributed by atoms with Gasteiger partial charge in [0.15, 0.2) is 11.5 Å². The summed E-state index contributed by atoms with van der Waals surface area (Å²) in [6.07, 6.45) is 2.12. The first-order chi connectivity index (χ1) is 14.6. The molecule has 1 unspecified atom stereocenters. The Hall–Kier alpha value is -2.27. The van der Waals surface area contributed by atoms with Crippen LogP contribution in [0.2, 0.25) is 5.02 Å². The summed E-state index contributed by atoms with van der Waals surface area (Å²) in [5.74, 6) is 0.637. The van der Waals surface area contributed by atoms with Crippen molar-refractivity contribution >= 4 is 24.0 Å². The fourth-order valence-corrected chi connectivity index (χ4v) is 3.67. The van der Waals surface area contributed by atoms with Crippen molar-refractivity contribution in [2.75, 3.05) is 7.11 Å². The van der Waals surface area contributed by atoms with Crippen molar-refractivity contribution in [3.63, 3.8) is 0 Å². The molecule has 0 fully saturated rings. The quantitative estimate of drug-likeness (QED) is 0.347. The average Bonchev–Trinajstić information content (AvgIpc) is 2.77. The zero-order valence-electron chi connectivity index (χ0n) is 17.7. The molecule has 166 valence electrons. The molecule has 0 aromatic heterocycles. The molecule has 6 heteroatoms. The summed E-state index contributed by atoms with van der Waals surface area (Å²) in [4.78, 5) is 0. The van der Waals surface area contributed by atoms with Gasteiger partial charge in [0.25, 0.3) is 0 Å². The van der Waals surface area contributed by atoms with E-state index in [2.05, 4.69) is 36.5 Å². The molecule has 0 spiro atoms. The maximum Gasteiger partial charge on any atom is 0.180 e. The van der Waals surface area contributed by atoms with Gasteiger partial charge in [-0.05, 0) is 35.7 Å². The number of benzene rings is 3. The second-order valence-corrected chi connectivity index (χ2v) is 7.53. The predicted octanol–water partition coefficient (Wildman–Crippen LogP) is 7.12. The molecule has 3 aromatic carbocycles. The highest BCUT2D eigenvalue weighted by atomic mass is 35.5. The van der Waals surface area contributed by atoms with Gasteiger partial charge in [-0.1, -0.05) is 73.5 Å². The van der Waals surface area contributed by atoms with Crippen molar-refractivity contribution in [1.29, 1.82) is 0 Å². The standard InChI is InChI=1S/C25H27ClFNO2.ClH/c1-3-9-23(19-10-5-4-6-11-19)28-16-18-14-21(26)25(24(15-18)29-2)30-17-20-12-7-8-13-22(20)27;/h4-8,10-15,23,28H,3,9,16-17H2,1-2H3;1H. The minimum atomic E-state index is -0.309. The fourth-order valence-electron chi connectivity index (χ4n) is 3.38. The molecule has 0 aliphatic heterocycles. The molecule has 3 aromatic rings. The molecule has 3 nitrogen and oxygen atoms in total. The number of halogens is 3. The van der Waals surface area contributed by atoms with E-state index in [1.807, 2.05) is 18.2 Å². The number of hydrogen-bond acceptors (Lipinski definition) is 3. The third kappa shape index (κ3) is 6.86. The van der Waals surface area contributed by atoms with Crippen LogP contribution >= 0.6 is 24.0 Å². The highest BCUT2D eigenvalue weighted by molar-refractivity contribution is 6.32. The van der Waals surface area contributed by atoms with Crippen molar-refractivity contribution in [2.24, 2.45) is 0 Å². The average molecular weight is 464 g/mol. The lowest BCUT2D eigenvalue weighted by atomic mass is 10.0. The van der Waals surface area contributed by atoms with Gasteiger partial charge in [0.05, 0.1) is 12.1 Å². The second kappa shape index (κ2) is 12.6. The summed E-state index contributed by atoms with van der Waals surface area (Å²) in [6, 6.07) is 21.0. The number of hydrogen-bond donors (Lipinski definition) is 1. The molecule has 0 saturated carbocycles. The largest absolute Gasteiger partial charge is 0.493 e. The number of rotatable bonds is 10. The lowest BCUT2D eigenvalue weighted by Gasteiger charge is -2.20. The van der Waals surface area contributed by atoms with Crippen LogP contribution in [0, 0.1) is 5.82 Å². The molecule has 0 heterocycles. The molecule has 1 atom stereocenters. The molecular weight excluding hydrogens is 436 g/mol. The highest BCUT2D eigenvalue weighted by Crippen LogP contribution is 2.37. The van der Waals surface area contributed by atoms with E-state index in [1.54, 1.807) is 25.3 Å². The fraction of sp³-hybridized carbons (Fsp3) is 0.280. The SMILES string of the molecule is CCCC(NCc1cc(Cl)c(OCc2ccccc2F)c(OC)c1)c1ccccc1.Cl. The molecule has 1 N–H and O–H groups in total. The van der Waals surface area contributed by atoms with Crippen LogP contribution in [0.25, 0.3) is 0 Å². The molecule has 0 bridgehead atoms. The summed E-state index contributed by atoms with van der Waals surface area (Å²) in [6.45, 7) is 2.90. The van der Waals surface area contributed by atoms with Crippen molar-refractivity contribution in [2.45, 2.75) is 39.0 Å². The minimum absolute atomic E-state index is 0. The van der Waals surface area contributed by atoms with Gasteiger partial charge in [-0.25, -0.2) is 4.39 Å². The molecule has 0 aliphatic carbocycles. The number of nitrogens with one attached hydrogen (secondary N) is 1. The maximum absolute atomic E-state index is 13.9. The van der Waals surface area contributed by atoms with Crippen LogP contribution in [0.3, 0.4) is 0 Å². The number of ether oxygens (including phenoxy) is 2. The van der Waals surface area contributed by atoms with Crippen molar-refractivity contribution in [1.82, 2.24) is 5.32 Å². The Morgan fingerprint density at radius 2 is 1.74 bits per heavy atom. The van der Waals surface area contributed by atoms with Gasteiger partial charge in [-0.2, -0.15) is 0 Å². The van der Waals surface area contributed by atoms with E-state index in [4.69, 9.17) is 21.1 Å². The maximum atomic E-state index is 13.9. The molecule has 0 amide bonds. The molecule has 31 heavy (non-hydrogen) atoms. The molecular formula is C25H28Cl2FNO2. The summed E-state index contributed by atoms with van der Waals surface area (Å²) in [5, 5.41) is 4.05. The Labute approximate surface area is 194 Å². The van der Waals surface area contributed by atoms with Crippen LogP contribution in [0.1, 0.15) is 42.5 Å². The first kappa shape index (κ1) is 25.0. The van der Waals surface area contributed by atoms with Crippen LogP contribution < -0.4 is 14.8 Å². The summed E-state index contributed by atoms with van der Waals surface area (Å²) < 4.78 is 25.2. The minimum Gasteiger partial charge on any atom is -0.493 e. The van der Waals surface area contributed by atoms with E-state index < -0.39 is 0 Å². The van der Waals surface area contributed by atoms with Gasteiger partial charge in [0.1, 0.15) is 12.4 Å². The Balaban J connectivity index is 0.00000341. The summed E-state index contributed by atoms with van der Waals surface area (Å²) >= 11 is 6.49. The predicted molar refractivity (Wildman–Crippen MR) is 127 cm³/mol. The van der Waals surface area contributed by atoms with Crippen molar-refractivity contribution in [3.05, 3.63) is 94.3 Å². The lowest BCUT2D eigenvalue weighted by Crippen LogP contribution is -2.20. The first-order valence-corrected chi connectivity index (χ1v) is 10.5. The Bertz CT molecular complexity index is 954. The smallest absolute Gasteiger partial charge is 0.180 e. The van der Waals surface area contributed by atoms with E-state index in [1.165, 1.54) is 11.6 Å². The second-order valence-electron chi connectivity index (χ2n) is 7.12. The van der Waals surface area contributed by atoms with E-state index in [9.17, 15) is 4.39 Å². The molecule has 0 radical (unpaired) electrons. The molecule has 0 saturated heterocycles. The Morgan fingerprint density at radius 1 is 1.03 bits per heavy atom. The summed E-state index contributed by atoms with van der Waals surface area (Å²) in [5.41, 5.74) is 2.72. The normalized spacial score (nSPS) is 11.5. The van der Waals surface area contributed by atoms with Crippen LogP contribution in [-0.2, 0) is 13.2 Å². The van der Waals surface area contributed by atoms with Gasteiger partial charge >= 0.3 is 0 Å². The van der Waals surface area contributed by atoms with Crippen molar-refractivity contribution in [3.8, 4) is 11.5 Å². The van der Waals surface area contributed by atoms with Gasteiger partial charge in [-0.15, -0.1) is 12.4 Å². The van der Waals surface area contributed by atoms with Crippen LogP contribution in [0.4, 0.5) is 4.39 Å². The zero-order chi connectivity index (χ0) is 21.3. The Kier molecular flexibility index (Phi) is 10.1. The van der Waals surface area contributed by atoms with Crippen LogP contribution in [0.5, 0.6) is 11.5 Å². The van der Waals surface area contributed by atoms with E-state index in [0.717, 1.165) is 18.4 Å². The van der Waals surface area contributed by atoms with Gasteiger partial charge in [0.2, 0.25) is 0 Å². The van der Waals surface area contributed by atoms with Gasteiger partial charge < -0.3 is 14.8 Å². The molecule has 3 rings (SSSR count). The van der Waals surface area contributed by atoms with Gasteiger partial charge in [-0.3, -0.25) is 0 Å². The third-order valence-corrected chi connectivity index (χ3v) is 5.23. The third-order valence-electron chi connectivity index (χ3n) is 4.95. The van der Waals surface area contributed by atoms with Crippen LogP contribution in [-0.4, -0.2) is 7.11 Å². The Morgan fingerprint density at radius 3 is 2.42 bits per heavy atom. The van der Waals surface area contributed by atoms with Crippen molar-refractivity contribution < 1.29 is 13.9 Å². The summed E-state index contributed by atoms with van der Waals surface area (Å²) in [7, 11) is 1.57. The number of methoxy groups -OCH3 is 1. The zero-order valence-corrected chi connectivity index (χ0v) is 19.3. The molecule has 0 aliphatic rings. The first-order valence-electron chi connectivity index (χ1n) is 10.1. The topological polar surface area (TPSA) is 30.5 Å². The van der Waals surface area contributed by atoms with E-state index >= 15 is 0 Å².